The van der Waals surface area contributed by atoms with Crippen LogP contribution in [-0.4, -0.2) is 101 Å². The van der Waals surface area contributed by atoms with Crippen LogP contribution >= 0.6 is 0 Å². The van der Waals surface area contributed by atoms with E-state index in [-0.39, 0.29) is 18.0 Å². The number of ether oxygens (including phenoxy) is 2. The molecule has 0 bridgehead atoms. The largest absolute Gasteiger partial charge is 0.477 e. The van der Waals surface area contributed by atoms with E-state index in [4.69, 9.17) is 9.47 Å². The topological polar surface area (TPSA) is 138 Å². The first-order valence-corrected chi connectivity index (χ1v) is 12.7. The molecular formula is C24H35N9O4. The summed E-state index contributed by atoms with van der Waals surface area (Å²) in [4.78, 5) is 48.1. The van der Waals surface area contributed by atoms with Crippen LogP contribution in [0.4, 0.5) is 21.4 Å². The average Bonchev–Trinajstić information content (AvgIpc) is 3.33. The second-order valence-electron chi connectivity index (χ2n) is 9.20. The number of piperidine rings is 1. The number of likely N-dealkylation sites (tertiary alicyclic amines) is 1. The Labute approximate surface area is 216 Å². The summed E-state index contributed by atoms with van der Waals surface area (Å²) in [5.74, 6) is 1.39. The summed E-state index contributed by atoms with van der Waals surface area (Å²) in [5.41, 5.74) is 0. The zero-order valence-corrected chi connectivity index (χ0v) is 21.6. The SMILES string of the molecule is CCOc1cnc(NC(=O)N(C)[C@@H]2CCCN(c3nccc(OC(=O)NC[C@H]4CCCN4C)n3)C2)cn1. The minimum Gasteiger partial charge on any atom is -0.477 e. The standard InChI is InChI=1S/C24H35N9O4/c1-4-36-21-15-26-19(14-27-21)29-23(34)32(3)18-8-6-12-33(16-18)22-25-10-9-20(30-22)37-24(35)28-13-17-7-5-11-31(17)2/h9-10,14-15,17-18H,4-8,11-13,16H2,1-3H3,(H,28,35)(H,26,29,34)/t17-,18-/m1/s1. The molecule has 2 aliphatic heterocycles. The monoisotopic (exact) mass is 513 g/mol. The van der Waals surface area contributed by atoms with Crippen LogP contribution in [0.3, 0.4) is 0 Å². The molecule has 2 saturated heterocycles. The lowest BCUT2D eigenvalue weighted by Gasteiger charge is -2.37. The minimum atomic E-state index is -0.532. The van der Waals surface area contributed by atoms with E-state index in [1.165, 1.54) is 12.4 Å². The minimum absolute atomic E-state index is 0.0655. The molecule has 0 aromatic carbocycles. The van der Waals surface area contributed by atoms with Gasteiger partial charge in [-0.3, -0.25) is 5.32 Å². The Balaban J connectivity index is 1.30. The normalized spacial score (nSPS) is 19.8. The van der Waals surface area contributed by atoms with Gasteiger partial charge in [-0.1, -0.05) is 0 Å². The van der Waals surface area contributed by atoms with E-state index in [1.807, 2.05) is 11.8 Å². The predicted molar refractivity (Wildman–Crippen MR) is 137 cm³/mol. The molecule has 37 heavy (non-hydrogen) atoms. The highest BCUT2D eigenvalue weighted by molar-refractivity contribution is 5.88. The molecule has 0 aliphatic carbocycles. The number of rotatable bonds is 8. The number of nitrogens with one attached hydrogen (secondary N) is 2. The van der Waals surface area contributed by atoms with E-state index in [0.29, 0.717) is 43.4 Å². The summed E-state index contributed by atoms with van der Waals surface area (Å²) in [5, 5.41) is 5.59. The van der Waals surface area contributed by atoms with Gasteiger partial charge in [-0.25, -0.2) is 24.5 Å². The molecule has 2 aromatic heterocycles. The Morgan fingerprint density at radius 2 is 1.97 bits per heavy atom. The van der Waals surface area contributed by atoms with Crippen molar-refractivity contribution in [1.29, 1.82) is 0 Å². The number of amides is 3. The number of hydrogen-bond donors (Lipinski definition) is 2. The van der Waals surface area contributed by atoms with Crippen LogP contribution in [-0.2, 0) is 0 Å². The quantitative estimate of drug-likeness (QED) is 0.539. The fourth-order valence-corrected chi connectivity index (χ4v) is 4.53. The van der Waals surface area contributed by atoms with Crippen molar-refractivity contribution in [2.24, 2.45) is 0 Å². The van der Waals surface area contributed by atoms with E-state index >= 15 is 0 Å². The third-order valence-corrected chi connectivity index (χ3v) is 6.67. The molecule has 0 spiro atoms. The Kier molecular flexibility index (Phi) is 8.88. The molecule has 4 heterocycles. The zero-order valence-electron chi connectivity index (χ0n) is 21.6. The van der Waals surface area contributed by atoms with E-state index in [9.17, 15) is 9.59 Å². The lowest BCUT2D eigenvalue weighted by atomic mass is 10.1. The van der Waals surface area contributed by atoms with Gasteiger partial charge in [-0.15, -0.1) is 0 Å². The molecule has 2 aliphatic rings. The number of nitrogens with zero attached hydrogens (tertiary/aromatic N) is 7. The number of carbonyl (C=O) groups is 2. The maximum absolute atomic E-state index is 12.8. The average molecular weight is 514 g/mol. The van der Waals surface area contributed by atoms with Crippen LogP contribution < -0.4 is 25.0 Å². The summed E-state index contributed by atoms with van der Waals surface area (Å²) in [6.07, 6.45) is 7.86. The molecule has 4 rings (SSSR count). The van der Waals surface area contributed by atoms with Crippen LogP contribution in [0, 0.1) is 0 Å². The number of likely N-dealkylation sites (N-methyl/N-ethyl adjacent to an activating group) is 2. The lowest BCUT2D eigenvalue weighted by Crippen LogP contribution is -2.50. The first-order valence-electron chi connectivity index (χ1n) is 12.7. The Hall–Kier alpha value is -3.74. The van der Waals surface area contributed by atoms with Crippen LogP contribution in [0.2, 0.25) is 0 Å². The van der Waals surface area contributed by atoms with Gasteiger partial charge in [0.15, 0.2) is 5.82 Å². The fraction of sp³-hybridized carbons (Fsp3) is 0.583. The Morgan fingerprint density at radius 1 is 1.14 bits per heavy atom. The first kappa shape index (κ1) is 26.3. The van der Waals surface area contributed by atoms with E-state index in [1.54, 1.807) is 24.2 Å². The molecule has 200 valence electrons. The smallest absolute Gasteiger partial charge is 0.413 e. The summed E-state index contributed by atoms with van der Waals surface area (Å²) >= 11 is 0. The van der Waals surface area contributed by atoms with Crippen molar-refractivity contribution in [2.45, 2.75) is 44.7 Å². The highest BCUT2D eigenvalue weighted by Crippen LogP contribution is 2.21. The molecule has 2 aromatic rings. The van der Waals surface area contributed by atoms with Gasteiger partial charge in [0.25, 0.3) is 0 Å². The van der Waals surface area contributed by atoms with Crippen LogP contribution in [0.1, 0.15) is 32.6 Å². The van der Waals surface area contributed by atoms with Crippen molar-refractivity contribution in [3.63, 3.8) is 0 Å². The van der Waals surface area contributed by atoms with Gasteiger partial charge in [-0.2, -0.15) is 4.98 Å². The third kappa shape index (κ3) is 7.15. The first-order chi connectivity index (χ1) is 17.9. The second kappa shape index (κ2) is 12.5. The highest BCUT2D eigenvalue weighted by atomic mass is 16.6. The van der Waals surface area contributed by atoms with Gasteiger partial charge in [0.1, 0.15) is 0 Å². The molecular weight excluding hydrogens is 478 g/mol. The van der Waals surface area contributed by atoms with E-state index in [0.717, 1.165) is 38.8 Å². The van der Waals surface area contributed by atoms with Crippen molar-refractivity contribution in [1.82, 2.24) is 35.1 Å². The van der Waals surface area contributed by atoms with Gasteiger partial charge in [-0.05, 0) is 46.2 Å². The molecule has 0 unspecified atom stereocenters. The molecule has 13 nitrogen and oxygen atoms in total. The molecule has 2 fully saturated rings. The number of aromatic nitrogens is 4. The number of carbonyl (C=O) groups excluding carboxylic acids is 2. The van der Waals surface area contributed by atoms with Gasteiger partial charge in [0, 0.05) is 45.0 Å². The summed E-state index contributed by atoms with van der Waals surface area (Å²) in [7, 11) is 3.81. The predicted octanol–water partition coefficient (Wildman–Crippen LogP) is 1.98. The van der Waals surface area contributed by atoms with Gasteiger partial charge >= 0.3 is 12.1 Å². The van der Waals surface area contributed by atoms with E-state index in [2.05, 4.69) is 42.5 Å². The Morgan fingerprint density at radius 3 is 2.70 bits per heavy atom. The molecule has 3 amide bonds. The maximum atomic E-state index is 12.8. The van der Waals surface area contributed by atoms with Crippen LogP contribution in [0.25, 0.3) is 0 Å². The summed E-state index contributed by atoms with van der Waals surface area (Å²) in [6, 6.07) is 1.54. The molecule has 2 atom stereocenters. The van der Waals surface area contributed by atoms with Crippen molar-refractivity contribution >= 4 is 23.9 Å². The molecule has 13 heteroatoms. The third-order valence-electron chi connectivity index (χ3n) is 6.67. The molecule has 0 saturated carbocycles. The van der Waals surface area contributed by atoms with Crippen molar-refractivity contribution < 1.29 is 19.1 Å². The van der Waals surface area contributed by atoms with Crippen molar-refractivity contribution in [3.8, 4) is 11.8 Å². The van der Waals surface area contributed by atoms with Crippen LogP contribution in [0.15, 0.2) is 24.7 Å². The van der Waals surface area contributed by atoms with Gasteiger partial charge in [0.2, 0.25) is 17.7 Å². The fourth-order valence-electron chi connectivity index (χ4n) is 4.53. The van der Waals surface area contributed by atoms with Crippen molar-refractivity contribution in [3.05, 3.63) is 24.7 Å². The molecule has 2 N–H and O–H groups in total. The lowest BCUT2D eigenvalue weighted by molar-refractivity contribution is 0.192. The van der Waals surface area contributed by atoms with Gasteiger partial charge < -0.3 is 29.5 Å². The summed E-state index contributed by atoms with van der Waals surface area (Å²) < 4.78 is 10.7. The zero-order chi connectivity index (χ0) is 26.2. The second-order valence-corrected chi connectivity index (χ2v) is 9.20. The highest BCUT2D eigenvalue weighted by Gasteiger charge is 2.28. The number of anilines is 2. The van der Waals surface area contributed by atoms with E-state index < -0.39 is 6.09 Å². The van der Waals surface area contributed by atoms with Crippen LogP contribution in [0.5, 0.6) is 11.8 Å². The number of urea groups is 1. The summed E-state index contributed by atoms with van der Waals surface area (Å²) in [6.45, 7) is 5.22. The maximum Gasteiger partial charge on any atom is 0.413 e. The Bertz CT molecular complexity index is 1050. The van der Waals surface area contributed by atoms with Crippen molar-refractivity contribution in [2.75, 3.05) is 57.1 Å². The van der Waals surface area contributed by atoms with Gasteiger partial charge in [0.05, 0.1) is 25.0 Å². The molecule has 0 radical (unpaired) electrons. The number of hydrogen-bond acceptors (Lipinski definition) is 10.